The molecule has 0 aromatic carbocycles. The quantitative estimate of drug-likeness (QED) is 0.630. The number of hydrogen-bond acceptors (Lipinski definition) is 0. The highest BCUT2D eigenvalue weighted by molar-refractivity contribution is 5.04. The SMILES string of the molecule is F[C](F)C(F)C(F)(F)[C](F)C(F)F. The van der Waals surface area contributed by atoms with Crippen LogP contribution < -0.4 is 0 Å². The first-order valence-electron chi connectivity index (χ1n) is 2.72. The standard InChI is InChI=1S/C5H2F8/c6-1(3(8)9)5(12,13)2(7)4(10)11/h1,4H. The van der Waals surface area contributed by atoms with Gasteiger partial charge in [0.05, 0.1) is 0 Å². The van der Waals surface area contributed by atoms with Gasteiger partial charge in [-0.3, -0.25) is 0 Å². The zero-order chi connectivity index (χ0) is 10.8. The molecule has 0 bridgehead atoms. The molecule has 0 aliphatic rings. The Morgan fingerprint density at radius 2 is 1.31 bits per heavy atom. The zero-order valence-electron chi connectivity index (χ0n) is 5.68. The van der Waals surface area contributed by atoms with E-state index in [9.17, 15) is 35.1 Å². The molecule has 0 spiro atoms. The van der Waals surface area contributed by atoms with Crippen LogP contribution in [0.3, 0.4) is 0 Å². The zero-order valence-corrected chi connectivity index (χ0v) is 5.68. The lowest BCUT2D eigenvalue weighted by Gasteiger charge is -2.20. The van der Waals surface area contributed by atoms with E-state index in [0.29, 0.717) is 0 Å². The molecular weight excluding hydrogens is 212 g/mol. The van der Waals surface area contributed by atoms with Gasteiger partial charge < -0.3 is 0 Å². The van der Waals surface area contributed by atoms with Crippen molar-refractivity contribution in [3.05, 3.63) is 12.6 Å². The van der Waals surface area contributed by atoms with Gasteiger partial charge in [0.2, 0.25) is 6.17 Å². The van der Waals surface area contributed by atoms with Gasteiger partial charge in [-0.2, -0.15) is 17.6 Å². The van der Waals surface area contributed by atoms with E-state index in [4.69, 9.17) is 0 Å². The molecule has 0 amide bonds. The lowest BCUT2D eigenvalue weighted by atomic mass is 10.1. The lowest BCUT2D eigenvalue weighted by Crippen LogP contribution is -2.39. The second-order valence-corrected chi connectivity index (χ2v) is 1.92. The first-order valence-corrected chi connectivity index (χ1v) is 2.72. The minimum absolute atomic E-state index is 3.41. The molecule has 0 rings (SSSR count). The monoisotopic (exact) mass is 214 g/mol. The molecule has 0 heterocycles. The van der Waals surface area contributed by atoms with Gasteiger partial charge in [0.15, 0.2) is 0 Å². The van der Waals surface area contributed by atoms with Crippen LogP contribution in [-0.2, 0) is 0 Å². The predicted molar refractivity (Wildman–Crippen MR) is 25.7 cm³/mol. The summed E-state index contributed by atoms with van der Waals surface area (Å²) in [5.74, 6) is -5.49. The second-order valence-electron chi connectivity index (χ2n) is 1.92. The Bertz CT molecular complexity index is 139. The van der Waals surface area contributed by atoms with Crippen LogP contribution in [0.25, 0.3) is 0 Å². The van der Waals surface area contributed by atoms with Crippen molar-refractivity contribution in [1.82, 2.24) is 0 Å². The van der Waals surface area contributed by atoms with Crippen molar-refractivity contribution in [3.63, 3.8) is 0 Å². The molecule has 0 aliphatic carbocycles. The summed E-state index contributed by atoms with van der Waals surface area (Å²) in [5.41, 5.74) is 0. The number of rotatable bonds is 4. The summed E-state index contributed by atoms with van der Waals surface area (Å²) in [4.78, 5) is 0. The fourth-order valence-corrected chi connectivity index (χ4v) is 0.404. The van der Waals surface area contributed by atoms with E-state index in [1.165, 1.54) is 0 Å². The molecule has 1 atom stereocenters. The van der Waals surface area contributed by atoms with E-state index in [1.807, 2.05) is 0 Å². The summed E-state index contributed by atoms with van der Waals surface area (Å²) in [6.45, 7) is 0. The van der Waals surface area contributed by atoms with Gasteiger partial charge in [0, 0.05) is 0 Å². The van der Waals surface area contributed by atoms with Crippen LogP contribution >= 0.6 is 0 Å². The minimum atomic E-state index is -5.49. The second kappa shape index (κ2) is 4.10. The Balaban J connectivity index is 4.54. The van der Waals surface area contributed by atoms with Crippen LogP contribution in [0.5, 0.6) is 0 Å². The third-order valence-electron chi connectivity index (χ3n) is 1.02. The van der Waals surface area contributed by atoms with Crippen molar-refractivity contribution >= 4 is 0 Å². The number of halogens is 8. The number of hydrogen-bond donors (Lipinski definition) is 0. The highest BCUT2D eigenvalue weighted by Gasteiger charge is 2.58. The molecule has 0 aromatic rings. The average Bonchev–Trinajstić information content (AvgIpc) is 2.01. The van der Waals surface area contributed by atoms with Crippen molar-refractivity contribution in [3.8, 4) is 0 Å². The van der Waals surface area contributed by atoms with Crippen LogP contribution in [0.4, 0.5) is 35.1 Å². The van der Waals surface area contributed by atoms with Gasteiger partial charge in [-0.25, -0.2) is 17.6 Å². The maximum absolute atomic E-state index is 11.9. The van der Waals surface area contributed by atoms with Crippen LogP contribution in [0.2, 0.25) is 0 Å². The molecule has 0 N–H and O–H groups in total. The van der Waals surface area contributed by atoms with Gasteiger partial charge in [-0.05, 0) is 0 Å². The van der Waals surface area contributed by atoms with Crippen LogP contribution in [0.1, 0.15) is 0 Å². The topological polar surface area (TPSA) is 0 Å². The summed E-state index contributed by atoms with van der Waals surface area (Å²) in [6, 6.07) is 0. The molecule has 13 heavy (non-hydrogen) atoms. The van der Waals surface area contributed by atoms with Crippen LogP contribution in [0, 0.1) is 12.6 Å². The normalized spacial score (nSPS) is 15.9. The highest BCUT2D eigenvalue weighted by atomic mass is 19.3. The maximum atomic E-state index is 11.9. The Hall–Kier alpha value is -0.560. The van der Waals surface area contributed by atoms with Gasteiger partial charge in [0.25, 0.3) is 12.6 Å². The fraction of sp³-hybridized carbons (Fsp3) is 0.600. The van der Waals surface area contributed by atoms with Gasteiger partial charge in [-0.1, -0.05) is 0 Å². The molecule has 0 fully saturated rings. The first kappa shape index (κ1) is 12.4. The Morgan fingerprint density at radius 3 is 1.54 bits per heavy atom. The third kappa shape index (κ3) is 2.70. The lowest BCUT2D eigenvalue weighted by molar-refractivity contribution is -0.128. The molecule has 2 radical (unpaired) electrons. The van der Waals surface area contributed by atoms with Crippen molar-refractivity contribution in [2.24, 2.45) is 0 Å². The first-order chi connectivity index (χ1) is 5.71. The molecule has 0 saturated heterocycles. The van der Waals surface area contributed by atoms with Gasteiger partial charge in [0.1, 0.15) is 0 Å². The maximum Gasteiger partial charge on any atom is 0.349 e. The Kier molecular flexibility index (Phi) is 3.92. The smallest absolute Gasteiger partial charge is 0.234 e. The number of alkyl halides is 5. The Morgan fingerprint density at radius 1 is 0.923 bits per heavy atom. The summed E-state index contributed by atoms with van der Waals surface area (Å²) in [7, 11) is 0. The van der Waals surface area contributed by atoms with E-state index in [0.717, 1.165) is 0 Å². The van der Waals surface area contributed by atoms with Crippen molar-refractivity contribution < 1.29 is 35.1 Å². The molecule has 0 saturated carbocycles. The molecule has 0 aromatic heterocycles. The predicted octanol–water partition coefficient (Wildman–Crippen LogP) is 3.15. The summed E-state index contributed by atoms with van der Waals surface area (Å²) in [5, 5.41) is 0. The molecule has 1 unspecified atom stereocenters. The largest absolute Gasteiger partial charge is 0.349 e. The van der Waals surface area contributed by atoms with E-state index < -0.39 is 31.1 Å². The molecular formula is C5H2F8. The van der Waals surface area contributed by atoms with Crippen LogP contribution in [-0.4, -0.2) is 18.5 Å². The summed E-state index contributed by atoms with van der Waals surface area (Å²) < 4.78 is 92.3. The average molecular weight is 214 g/mol. The van der Waals surface area contributed by atoms with Gasteiger partial charge in [-0.15, -0.1) is 0 Å². The van der Waals surface area contributed by atoms with Crippen molar-refractivity contribution in [1.29, 1.82) is 0 Å². The molecule has 78 valence electrons. The Labute approximate surface area is 67.5 Å². The van der Waals surface area contributed by atoms with E-state index in [-0.39, 0.29) is 0 Å². The van der Waals surface area contributed by atoms with Crippen molar-refractivity contribution in [2.75, 3.05) is 0 Å². The molecule has 0 aliphatic heterocycles. The van der Waals surface area contributed by atoms with Gasteiger partial charge >= 0.3 is 12.3 Å². The summed E-state index contributed by atoms with van der Waals surface area (Å²) >= 11 is 0. The molecule has 8 heteroatoms. The van der Waals surface area contributed by atoms with Crippen molar-refractivity contribution in [2.45, 2.75) is 18.5 Å². The van der Waals surface area contributed by atoms with E-state index >= 15 is 0 Å². The highest BCUT2D eigenvalue weighted by Crippen LogP contribution is 2.41. The summed E-state index contributed by atoms with van der Waals surface area (Å²) in [6.07, 6.45) is -15.5. The third-order valence-corrected chi connectivity index (χ3v) is 1.02. The van der Waals surface area contributed by atoms with E-state index in [1.54, 1.807) is 0 Å². The molecule has 0 nitrogen and oxygen atoms in total. The van der Waals surface area contributed by atoms with E-state index in [2.05, 4.69) is 0 Å². The van der Waals surface area contributed by atoms with Crippen LogP contribution in [0.15, 0.2) is 0 Å². The fourth-order valence-electron chi connectivity index (χ4n) is 0.404. The minimum Gasteiger partial charge on any atom is -0.234 e.